The molecule has 1 N–H and O–H groups in total. The minimum atomic E-state index is 0.289. The van der Waals surface area contributed by atoms with E-state index in [4.69, 9.17) is 0 Å². The Bertz CT molecular complexity index is 458. The van der Waals surface area contributed by atoms with Crippen molar-refractivity contribution >= 4 is 17.7 Å². The highest BCUT2D eigenvalue weighted by atomic mass is 32.2. The van der Waals surface area contributed by atoms with E-state index in [1.807, 2.05) is 12.1 Å². The van der Waals surface area contributed by atoms with E-state index in [0.29, 0.717) is 11.8 Å². The fourth-order valence-corrected chi connectivity index (χ4v) is 3.73. The quantitative estimate of drug-likeness (QED) is 0.820. The van der Waals surface area contributed by atoms with E-state index < -0.39 is 0 Å². The third-order valence-corrected chi connectivity index (χ3v) is 5.14. The Morgan fingerprint density at radius 1 is 1.33 bits per heavy atom. The van der Waals surface area contributed by atoms with Crippen LogP contribution in [0.25, 0.3) is 0 Å². The van der Waals surface area contributed by atoms with Gasteiger partial charge in [0.2, 0.25) is 5.91 Å². The van der Waals surface area contributed by atoms with Gasteiger partial charge in [-0.2, -0.15) is 0 Å². The first-order chi connectivity index (χ1) is 10.2. The number of nitrogens with zero attached hydrogens (tertiary/aromatic N) is 1. The van der Waals surface area contributed by atoms with Gasteiger partial charge in [-0.15, -0.1) is 11.8 Å². The minimum Gasteiger partial charge on any atom is -0.339 e. The molecule has 0 radical (unpaired) electrons. The average Bonchev–Trinajstić information content (AvgIpc) is 2.52. The van der Waals surface area contributed by atoms with E-state index in [0.717, 1.165) is 38.9 Å². The average molecular weight is 306 g/mol. The van der Waals surface area contributed by atoms with Crippen LogP contribution in [-0.4, -0.2) is 42.2 Å². The van der Waals surface area contributed by atoms with Crippen molar-refractivity contribution in [3.8, 4) is 0 Å². The third-order valence-electron chi connectivity index (χ3n) is 3.98. The summed E-state index contributed by atoms with van der Waals surface area (Å²) in [6.07, 6.45) is 3.20. The van der Waals surface area contributed by atoms with Crippen LogP contribution in [0.15, 0.2) is 29.2 Å². The lowest BCUT2D eigenvalue weighted by Gasteiger charge is -2.34. The number of aryl methyl sites for hydroxylation is 1. The largest absolute Gasteiger partial charge is 0.339 e. The second-order valence-electron chi connectivity index (χ2n) is 5.62. The van der Waals surface area contributed by atoms with Crippen LogP contribution >= 0.6 is 11.8 Å². The molecule has 0 saturated carbocycles. The van der Waals surface area contributed by atoms with E-state index in [2.05, 4.69) is 36.2 Å². The molecule has 4 heteroatoms. The van der Waals surface area contributed by atoms with E-state index in [9.17, 15) is 4.79 Å². The van der Waals surface area contributed by atoms with Crippen LogP contribution in [0.1, 0.15) is 31.7 Å². The van der Waals surface area contributed by atoms with Crippen LogP contribution in [0.5, 0.6) is 0 Å². The van der Waals surface area contributed by atoms with Crippen LogP contribution < -0.4 is 5.32 Å². The number of thioether (sulfide) groups is 1. The SMILES string of the molecule is CCCN(C(=O)CSc1ccccc1C)C1CCNCC1. The highest BCUT2D eigenvalue weighted by Crippen LogP contribution is 2.23. The number of nitrogens with one attached hydrogen (secondary N) is 1. The summed E-state index contributed by atoms with van der Waals surface area (Å²) in [4.78, 5) is 15.9. The lowest BCUT2D eigenvalue weighted by atomic mass is 10.0. The molecular weight excluding hydrogens is 280 g/mol. The lowest BCUT2D eigenvalue weighted by molar-refractivity contribution is -0.131. The van der Waals surface area contributed by atoms with E-state index >= 15 is 0 Å². The van der Waals surface area contributed by atoms with E-state index in [-0.39, 0.29) is 5.91 Å². The molecule has 3 nitrogen and oxygen atoms in total. The Hall–Kier alpha value is -1.00. The summed E-state index contributed by atoms with van der Waals surface area (Å²) >= 11 is 1.67. The Balaban J connectivity index is 1.93. The molecule has 0 atom stereocenters. The first-order valence-corrected chi connectivity index (χ1v) is 8.89. The van der Waals surface area contributed by atoms with Gasteiger partial charge in [0.15, 0.2) is 0 Å². The molecule has 0 aliphatic carbocycles. The summed E-state index contributed by atoms with van der Waals surface area (Å²) in [7, 11) is 0. The molecular formula is C17H26N2OS. The maximum Gasteiger partial charge on any atom is 0.233 e. The van der Waals surface area contributed by atoms with Gasteiger partial charge >= 0.3 is 0 Å². The topological polar surface area (TPSA) is 32.3 Å². The molecule has 0 aromatic heterocycles. The van der Waals surface area contributed by atoms with Gasteiger partial charge in [0, 0.05) is 17.5 Å². The third kappa shape index (κ3) is 4.75. The maximum absolute atomic E-state index is 12.6. The number of rotatable bonds is 6. The van der Waals surface area contributed by atoms with Crippen LogP contribution in [0.2, 0.25) is 0 Å². The first kappa shape index (κ1) is 16.4. The molecule has 1 aliphatic rings. The van der Waals surface area contributed by atoms with Gasteiger partial charge < -0.3 is 10.2 Å². The number of amides is 1. The number of hydrogen-bond donors (Lipinski definition) is 1. The van der Waals surface area contributed by atoms with Gasteiger partial charge in [-0.25, -0.2) is 0 Å². The Morgan fingerprint density at radius 3 is 2.71 bits per heavy atom. The lowest BCUT2D eigenvalue weighted by Crippen LogP contribution is -2.47. The summed E-state index contributed by atoms with van der Waals surface area (Å²) in [6.45, 7) is 7.20. The van der Waals surface area contributed by atoms with Gasteiger partial charge in [0.25, 0.3) is 0 Å². The number of carbonyl (C=O) groups excluding carboxylic acids is 1. The molecule has 116 valence electrons. The summed E-state index contributed by atoms with van der Waals surface area (Å²) in [5.74, 6) is 0.839. The van der Waals surface area contributed by atoms with Crippen molar-refractivity contribution in [3.63, 3.8) is 0 Å². The zero-order chi connectivity index (χ0) is 15.1. The number of benzene rings is 1. The summed E-state index contributed by atoms with van der Waals surface area (Å²) in [6, 6.07) is 8.71. The predicted octanol–water partition coefficient (Wildman–Crippen LogP) is 3.08. The fraction of sp³-hybridized carbons (Fsp3) is 0.588. The van der Waals surface area contributed by atoms with Crippen molar-refractivity contribution < 1.29 is 4.79 Å². The molecule has 0 unspecified atom stereocenters. The Kier molecular flexibility index (Phi) is 6.58. The maximum atomic E-state index is 12.6. The molecule has 0 bridgehead atoms. The van der Waals surface area contributed by atoms with Crippen molar-refractivity contribution in [1.82, 2.24) is 10.2 Å². The molecule has 1 aromatic rings. The highest BCUT2D eigenvalue weighted by molar-refractivity contribution is 8.00. The summed E-state index contributed by atoms with van der Waals surface area (Å²) < 4.78 is 0. The molecule has 1 saturated heterocycles. The van der Waals surface area contributed by atoms with Crippen molar-refractivity contribution in [1.29, 1.82) is 0 Å². The van der Waals surface area contributed by atoms with Crippen molar-refractivity contribution in [3.05, 3.63) is 29.8 Å². The summed E-state index contributed by atoms with van der Waals surface area (Å²) in [5.41, 5.74) is 1.25. The summed E-state index contributed by atoms with van der Waals surface area (Å²) in [5, 5.41) is 3.37. The van der Waals surface area contributed by atoms with Crippen molar-refractivity contribution in [2.75, 3.05) is 25.4 Å². The second-order valence-corrected chi connectivity index (χ2v) is 6.64. The van der Waals surface area contributed by atoms with Gasteiger partial charge in [0.05, 0.1) is 5.75 Å². The van der Waals surface area contributed by atoms with Crippen LogP contribution in [-0.2, 0) is 4.79 Å². The predicted molar refractivity (Wildman–Crippen MR) is 89.8 cm³/mol. The minimum absolute atomic E-state index is 0.289. The van der Waals surface area contributed by atoms with Crippen LogP contribution in [0, 0.1) is 6.92 Å². The van der Waals surface area contributed by atoms with Crippen molar-refractivity contribution in [2.24, 2.45) is 0 Å². The van der Waals surface area contributed by atoms with Gasteiger partial charge in [-0.1, -0.05) is 25.1 Å². The normalized spacial score (nSPS) is 15.9. The number of piperidine rings is 1. The fourth-order valence-electron chi connectivity index (χ4n) is 2.81. The highest BCUT2D eigenvalue weighted by Gasteiger charge is 2.24. The molecule has 1 amide bonds. The number of hydrogen-bond acceptors (Lipinski definition) is 3. The Morgan fingerprint density at radius 2 is 2.05 bits per heavy atom. The number of carbonyl (C=O) groups is 1. The zero-order valence-corrected chi connectivity index (χ0v) is 13.9. The molecule has 1 aliphatic heterocycles. The van der Waals surface area contributed by atoms with E-state index in [1.165, 1.54) is 10.5 Å². The van der Waals surface area contributed by atoms with Crippen LogP contribution in [0.4, 0.5) is 0 Å². The molecule has 2 rings (SSSR count). The first-order valence-electron chi connectivity index (χ1n) is 7.91. The van der Waals surface area contributed by atoms with Gasteiger partial charge in [0.1, 0.15) is 0 Å². The molecule has 1 heterocycles. The Labute approximate surface area is 132 Å². The van der Waals surface area contributed by atoms with Gasteiger partial charge in [-0.3, -0.25) is 4.79 Å². The van der Waals surface area contributed by atoms with Crippen molar-refractivity contribution in [2.45, 2.75) is 44.0 Å². The van der Waals surface area contributed by atoms with Crippen LogP contribution in [0.3, 0.4) is 0 Å². The smallest absolute Gasteiger partial charge is 0.233 e. The second kappa shape index (κ2) is 8.44. The molecule has 1 fully saturated rings. The molecule has 0 spiro atoms. The van der Waals surface area contributed by atoms with E-state index in [1.54, 1.807) is 11.8 Å². The monoisotopic (exact) mass is 306 g/mol. The molecule has 1 aromatic carbocycles. The standard InChI is InChI=1S/C17H26N2OS/c1-3-12-19(15-8-10-18-11-9-15)17(20)13-21-16-7-5-4-6-14(16)2/h4-7,15,18H,3,8-13H2,1-2H3. The zero-order valence-electron chi connectivity index (χ0n) is 13.1. The molecule has 21 heavy (non-hydrogen) atoms. The van der Waals surface area contributed by atoms with Gasteiger partial charge in [-0.05, 0) is 50.9 Å².